The third-order valence-corrected chi connectivity index (χ3v) is 1.27. The molecule has 8 heavy (non-hydrogen) atoms. The van der Waals surface area contributed by atoms with Crippen molar-refractivity contribution < 1.29 is 9.53 Å². The first-order chi connectivity index (χ1) is 3.66. The summed E-state index contributed by atoms with van der Waals surface area (Å²) in [6, 6.07) is 0. The summed E-state index contributed by atoms with van der Waals surface area (Å²) in [6.07, 6.45) is 0. The third kappa shape index (κ3) is 3.91. The highest BCUT2D eigenvalue weighted by Crippen LogP contribution is 1.95. The summed E-state index contributed by atoms with van der Waals surface area (Å²) in [5.74, 6) is -0.432. The van der Waals surface area contributed by atoms with E-state index in [1.54, 1.807) is 0 Å². The van der Waals surface area contributed by atoms with Crippen molar-refractivity contribution in [3.63, 3.8) is 0 Å². The van der Waals surface area contributed by atoms with Gasteiger partial charge in [-0.05, 0) is 20.7 Å². The molecule has 0 fully saturated rings. The van der Waals surface area contributed by atoms with Crippen LogP contribution in [-0.2, 0) is 9.53 Å². The molecule has 0 heterocycles. The van der Waals surface area contributed by atoms with Gasteiger partial charge in [-0.2, -0.15) is 0 Å². The molecule has 0 saturated carbocycles. The zero-order chi connectivity index (χ0) is 6.57. The quantitative estimate of drug-likeness (QED) is 0.313. The van der Waals surface area contributed by atoms with E-state index in [1.165, 1.54) is 6.92 Å². The maximum atomic E-state index is 10.0. The molecule has 0 aliphatic carbocycles. The molecule has 0 rings (SSSR count). The zero-order valence-electron chi connectivity index (χ0n) is 4.40. The maximum Gasteiger partial charge on any atom is 0.309 e. The van der Waals surface area contributed by atoms with Gasteiger partial charge in [0.25, 0.3) is 0 Å². The Kier molecular flexibility index (Phi) is 3.59. The van der Waals surface area contributed by atoms with Crippen LogP contribution in [-0.4, -0.2) is 14.4 Å². The summed E-state index contributed by atoms with van der Waals surface area (Å²) < 4.78 is 7.80. The lowest BCUT2D eigenvalue weighted by atomic mass is 10.8. The van der Waals surface area contributed by atoms with Crippen molar-refractivity contribution in [2.45, 2.75) is 6.92 Å². The first-order valence-corrected chi connectivity index (χ1v) is 4.42. The Hall–Kier alpha value is -0.260. The molecule has 0 unspecified atom stereocenters. The summed E-state index contributed by atoms with van der Waals surface area (Å²) in [5, 5.41) is 6.81. The van der Waals surface area contributed by atoms with E-state index < -0.39 is 26.7 Å². The van der Waals surface area contributed by atoms with Crippen LogP contribution in [0.3, 0.4) is 0 Å². The second-order valence-electron chi connectivity index (χ2n) is 1.00. The van der Waals surface area contributed by atoms with Gasteiger partial charge < -0.3 is 4.74 Å². The number of rotatable bonds is 1. The van der Waals surface area contributed by atoms with Crippen LogP contribution in [0.1, 0.15) is 6.92 Å². The van der Waals surface area contributed by atoms with Gasteiger partial charge >= 0.3 is 5.97 Å². The number of ether oxygens (including phenoxy) is 1. The standard InChI is InChI=1S/C4H6INO2/c1-3(7)8-4(6)5-2/h6H,2H2,1H3. The molecule has 0 aromatic carbocycles. The van der Waals surface area contributed by atoms with E-state index in [9.17, 15) is 4.79 Å². The van der Waals surface area contributed by atoms with Gasteiger partial charge in [-0.3, -0.25) is 10.2 Å². The van der Waals surface area contributed by atoms with Crippen LogP contribution in [0.5, 0.6) is 0 Å². The zero-order valence-corrected chi connectivity index (χ0v) is 6.56. The smallest absolute Gasteiger partial charge is 0.309 e. The van der Waals surface area contributed by atoms with Crippen LogP contribution >= 0.6 is 20.7 Å². The number of esters is 1. The van der Waals surface area contributed by atoms with Gasteiger partial charge in [0.1, 0.15) is 0 Å². The van der Waals surface area contributed by atoms with Gasteiger partial charge in [0.05, 0.1) is 0 Å². The van der Waals surface area contributed by atoms with Crippen molar-refractivity contribution in [2.75, 3.05) is 0 Å². The molecular formula is C4H6INO2. The predicted octanol–water partition coefficient (Wildman–Crippen LogP) is 0.887. The normalized spacial score (nSPS) is 8.12. The molecule has 0 atom stereocenters. The van der Waals surface area contributed by atoms with Gasteiger partial charge in [0.2, 0.25) is 3.90 Å². The molecule has 0 aromatic rings. The summed E-state index contributed by atoms with van der Waals surface area (Å²) in [7, 11) is 0. The highest BCUT2D eigenvalue weighted by atomic mass is 127. The Morgan fingerprint density at radius 2 is 2.38 bits per heavy atom. The van der Waals surface area contributed by atoms with E-state index in [0.717, 1.165) is 0 Å². The van der Waals surface area contributed by atoms with Gasteiger partial charge in [-0.25, -0.2) is 0 Å². The molecule has 1 N–H and O–H groups in total. The van der Waals surface area contributed by atoms with Crippen molar-refractivity contribution in [2.24, 2.45) is 0 Å². The fourth-order valence-electron chi connectivity index (χ4n) is 0.153. The summed E-state index contributed by atoms with van der Waals surface area (Å²) >= 11 is -0.599. The Bertz CT molecular complexity index is 132. The van der Waals surface area contributed by atoms with Crippen LogP contribution in [0, 0.1) is 5.41 Å². The van der Waals surface area contributed by atoms with E-state index in [0.29, 0.717) is 0 Å². The lowest BCUT2D eigenvalue weighted by Gasteiger charge is -1.92. The average Bonchev–Trinajstić information content (AvgIpc) is 1.65. The van der Waals surface area contributed by atoms with E-state index in [2.05, 4.69) is 9.25 Å². The molecule has 4 heteroatoms. The Balaban J connectivity index is 3.55. The molecule has 0 saturated heterocycles. The van der Waals surface area contributed by atoms with Crippen molar-refractivity contribution in [3.8, 4) is 0 Å². The Labute approximate surface area is 57.3 Å². The second-order valence-corrected chi connectivity index (χ2v) is 2.74. The molecule has 0 spiro atoms. The first-order valence-electron chi connectivity index (χ1n) is 1.82. The summed E-state index contributed by atoms with van der Waals surface area (Å²) in [6.45, 7) is 1.27. The van der Waals surface area contributed by atoms with E-state index >= 15 is 0 Å². The highest BCUT2D eigenvalue weighted by Gasteiger charge is 1.93. The number of hydrogen-bond donors (Lipinski definition) is 1. The molecule has 0 radical (unpaired) electrons. The van der Waals surface area contributed by atoms with Crippen LogP contribution in [0.15, 0.2) is 0 Å². The molecule has 0 amide bonds. The van der Waals surface area contributed by atoms with E-state index in [4.69, 9.17) is 5.41 Å². The molecule has 0 bridgehead atoms. The fourth-order valence-corrected chi connectivity index (χ4v) is 0.619. The Morgan fingerprint density at radius 1 is 1.88 bits per heavy atom. The minimum Gasteiger partial charge on any atom is -0.403 e. The molecule has 0 aliphatic heterocycles. The lowest BCUT2D eigenvalue weighted by Crippen LogP contribution is -2.00. The van der Waals surface area contributed by atoms with Gasteiger partial charge in [-0.1, -0.05) is 4.51 Å². The molecule has 0 aromatic heterocycles. The number of halogens is 1. The molecule has 0 aliphatic rings. The fraction of sp³-hybridized carbons (Fsp3) is 0.250. The minimum absolute atomic E-state index is 0.0244. The highest BCUT2D eigenvalue weighted by molar-refractivity contribution is 14.2. The molecule has 3 nitrogen and oxygen atoms in total. The van der Waals surface area contributed by atoms with Crippen LogP contribution in [0.2, 0.25) is 0 Å². The van der Waals surface area contributed by atoms with E-state index in [1.807, 2.05) is 0 Å². The van der Waals surface area contributed by atoms with Crippen LogP contribution in [0.25, 0.3) is 0 Å². The summed E-state index contributed by atoms with van der Waals surface area (Å²) in [4.78, 5) is 10.0. The average molecular weight is 227 g/mol. The van der Waals surface area contributed by atoms with Crippen molar-refractivity contribution >= 4 is 35.1 Å². The van der Waals surface area contributed by atoms with Gasteiger partial charge in [0, 0.05) is 6.92 Å². The van der Waals surface area contributed by atoms with Crippen molar-refractivity contribution in [1.82, 2.24) is 0 Å². The Morgan fingerprint density at radius 3 is 2.50 bits per heavy atom. The van der Waals surface area contributed by atoms with Gasteiger partial charge in [0.15, 0.2) is 0 Å². The van der Waals surface area contributed by atoms with E-state index in [-0.39, 0.29) is 3.90 Å². The van der Waals surface area contributed by atoms with Crippen LogP contribution in [0.4, 0.5) is 0 Å². The maximum absolute atomic E-state index is 10.0. The predicted molar refractivity (Wildman–Crippen MR) is 40.6 cm³/mol. The number of hydrogen-bond acceptors (Lipinski definition) is 3. The van der Waals surface area contributed by atoms with Crippen molar-refractivity contribution in [1.29, 1.82) is 5.41 Å². The lowest BCUT2D eigenvalue weighted by molar-refractivity contribution is -0.132. The molecular weight excluding hydrogens is 221 g/mol. The van der Waals surface area contributed by atoms with Gasteiger partial charge in [-0.15, -0.1) is 0 Å². The SMILES string of the molecule is C=IC(=N)OC(C)=O. The topological polar surface area (TPSA) is 50.1 Å². The monoisotopic (exact) mass is 227 g/mol. The minimum atomic E-state index is -0.599. The van der Waals surface area contributed by atoms with Crippen LogP contribution < -0.4 is 0 Å². The number of carbonyl (C=O) groups excluding carboxylic acids is 1. The van der Waals surface area contributed by atoms with Crippen molar-refractivity contribution in [3.05, 3.63) is 0 Å². The number of nitrogens with one attached hydrogen (secondary N) is 1. The third-order valence-electron chi connectivity index (χ3n) is 0.355. The summed E-state index contributed by atoms with van der Waals surface area (Å²) in [5.41, 5.74) is 0. The second kappa shape index (κ2) is 3.71. The number of carbonyl (C=O) groups is 1. The first kappa shape index (κ1) is 7.74. The molecule has 46 valence electrons. The largest absolute Gasteiger partial charge is 0.403 e.